The molecule has 96 valence electrons. The van der Waals surface area contributed by atoms with Crippen molar-refractivity contribution in [2.75, 3.05) is 19.6 Å². The van der Waals surface area contributed by atoms with Crippen LogP contribution in [0.1, 0.15) is 53.4 Å². The lowest BCUT2D eigenvalue weighted by Gasteiger charge is -2.43. The smallest absolute Gasteiger partial charge is 0.00527 e. The fourth-order valence-electron chi connectivity index (χ4n) is 3.25. The molecule has 2 nitrogen and oxygen atoms in total. The molecule has 2 N–H and O–H groups in total. The van der Waals surface area contributed by atoms with Crippen LogP contribution in [0.25, 0.3) is 0 Å². The van der Waals surface area contributed by atoms with E-state index in [0.717, 1.165) is 19.0 Å². The number of hydrogen-bond acceptors (Lipinski definition) is 2. The van der Waals surface area contributed by atoms with Crippen LogP contribution in [0.4, 0.5) is 0 Å². The van der Waals surface area contributed by atoms with E-state index >= 15 is 0 Å². The summed E-state index contributed by atoms with van der Waals surface area (Å²) in [6.45, 7) is 12.4. The van der Waals surface area contributed by atoms with Crippen molar-refractivity contribution in [3.8, 4) is 0 Å². The average Bonchev–Trinajstić information content (AvgIpc) is 2.25. The molecular formula is C14H30N2. The summed E-state index contributed by atoms with van der Waals surface area (Å²) in [5, 5.41) is 0. The zero-order chi connectivity index (χ0) is 12.2. The fraction of sp³-hybridized carbons (Fsp3) is 1.00. The third kappa shape index (κ3) is 3.46. The summed E-state index contributed by atoms with van der Waals surface area (Å²) in [6.07, 6.45) is 5.42. The van der Waals surface area contributed by atoms with E-state index in [9.17, 15) is 0 Å². The van der Waals surface area contributed by atoms with Crippen molar-refractivity contribution in [2.45, 2.75) is 59.4 Å². The highest BCUT2D eigenvalue weighted by Gasteiger charge is 2.35. The second-order valence-corrected chi connectivity index (χ2v) is 6.06. The van der Waals surface area contributed by atoms with Crippen molar-refractivity contribution >= 4 is 0 Å². The maximum absolute atomic E-state index is 6.08. The molecule has 0 amide bonds. The molecule has 0 heterocycles. The Bertz CT molecular complexity index is 203. The van der Waals surface area contributed by atoms with Crippen LogP contribution in [0.15, 0.2) is 0 Å². The van der Waals surface area contributed by atoms with Gasteiger partial charge in [0.25, 0.3) is 0 Å². The van der Waals surface area contributed by atoms with Crippen LogP contribution in [0.2, 0.25) is 0 Å². The van der Waals surface area contributed by atoms with E-state index in [0.29, 0.717) is 11.5 Å². The van der Waals surface area contributed by atoms with Crippen molar-refractivity contribution in [1.29, 1.82) is 0 Å². The van der Waals surface area contributed by atoms with Gasteiger partial charge in [0, 0.05) is 12.6 Å². The third-order valence-electron chi connectivity index (χ3n) is 4.29. The Kier molecular flexibility index (Phi) is 5.26. The first kappa shape index (κ1) is 14.0. The van der Waals surface area contributed by atoms with Crippen molar-refractivity contribution in [3.05, 3.63) is 0 Å². The Balaban J connectivity index is 2.64. The van der Waals surface area contributed by atoms with Gasteiger partial charge in [0.15, 0.2) is 0 Å². The zero-order valence-corrected chi connectivity index (χ0v) is 11.6. The Morgan fingerprint density at radius 2 is 2.12 bits per heavy atom. The maximum Gasteiger partial charge on any atom is 0.00527 e. The summed E-state index contributed by atoms with van der Waals surface area (Å²) in [7, 11) is 0. The van der Waals surface area contributed by atoms with Crippen LogP contribution in [0.3, 0.4) is 0 Å². The average molecular weight is 226 g/mol. The van der Waals surface area contributed by atoms with Gasteiger partial charge in [0.05, 0.1) is 0 Å². The summed E-state index contributed by atoms with van der Waals surface area (Å²) >= 11 is 0. The molecule has 2 heteroatoms. The largest absolute Gasteiger partial charge is 0.330 e. The number of rotatable bonds is 5. The molecule has 1 rings (SSSR count). The number of nitrogens with two attached hydrogens (primary N) is 1. The van der Waals surface area contributed by atoms with Gasteiger partial charge in [-0.15, -0.1) is 0 Å². The van der Waals surface area contributed by atoms with E-state index in [2.05, 4.69) is 32.6 Å². The number of hydrogen-bond donors (Lipinski definition) is 1. The molecule has 0 spiro atoms. The molecule has 1 aliphatic carbocycles. The molecule has 2 atom stereocenters. The molecule has 0 saturated heterocycles. The lowest BCUT2D eigenvalue weighted by atomic mass is 9.69. The molecular weight excluding hydrogens is 196 g/mol. The van der Waals surface area contributed by atoms with Gasteiger partial charge in [0.2, 0.25) is 0 Å². The first-order valence-corrected chi connectivity index (χ1v) is 6.97. The van der Waals surface area contributed by atoms with Gasteiger partial charge in [-0.1, -0.05) is 26.7 Å². The van der Waals surface area contributed by atoms with Crippen LogP contribution < -0.4 is 5.73 Å². The SMILES string of the molecule is CCN(CC1(CN)CCCC(C)C1)C(C)C. The third-order valence-corrected chi connectivity index (χ3v) is 4.29. The minimum atomic E-state index is 0.401. The highest BCUT2D eigenvalue weighted by molar-refractivity contribution is 4.89. The van der Waals surface area contributed by atoms with Crippen LogP contribution in [-0.4, -0.2) is 30.6 Å². The van der Waals surface area contributed by atoms with Gasteiger partial charge in [-0.3, -0.25) is 0 Å². The van der Waals surface area contributed by atoms with Crippen molar-refractivity contribution in [2.24, 2.45) is 17.1 Å². The molecule has 0 aromatic carbocycles. The van der Waals surface area contributed by atoms with Crippen LogP contribution >= 0.6 is 0 Å². The molecule has 16 heavy (non-hydrogen) atoms. The van der Waals surface area contributed by atoms with Crippen molar-refractivity contribution in [1.82, 2.24) is 4.90 Å². The number of nitrogens with zero attached hydrogens (tertiary/aromatic N) is 1. The molecule has 1 fully saturated rings. The van der Waals surface area contributed by atoms with Gasteiger partial charge in [-0.25, -0.2) is 0 Å². The zero-order valence-electron chi connectivity index (χ0n) is 11.6. The summed E-state index contributed by atoms with van der Waals surface area (Å²) in [4.78, 5) is 2.57. The lowest BCUT2D eigenvalue weighted by molar-refractivity contribution is 0.0754. The monoisotopic (exact) mass is 226 g/mol. The maximum atomic E-state index is 6.08. The van der Waals surface area contributed by atoms with E-state index in [4.69, 9.17) is 5.73 Å². The molecule has 2 unspecified atom stereocenters. The van der Waals surface area contributed by atoms with E-state index in [-0.39, 0.29) is 0 Å². The van der Waals surface area contributed by atoms with Crippen LogP contribution in [-0.2, 0) is 0 Å². The summed E-state index contributed by atoms with van der Waals surface area (Å²) in [5.41, 5.74) is 6.48. The Hall–Kier alpha value is -0.0800. The highest BCUT2D eigenvalue weighted by atomic mass is 15.1. The summed E-state index contributed by atoms with van der Waals surface area (Å²) < 4.78 is 0. The van der Waals surface area contributed by atoms with Crippen LogP contribution in [0.5, 0.6) is 0 Å². The fourth-order valence-corrected chi connectivity index (χ4v) is 3.25. The Morgan fingerprint density at radius 1 is 1.44 bits per heavy atom. The van der Waals surface area contributed by atoms with Crippen molar-refractivity contribution < 1.29 is 0 Å². The molecule has 0 aliphatic heterocycles. The van der Waals surface area contributed by atoms with Gasteiger partial charge in [0.1, 0.15) is 0 Å². The van der Waals surface area contributed by atoms with Gasteiger partial charge in [-0.2, -0.15) is 0 Å². The first-order valence-electron chi connectivity index (χ1n) is 6.97. The highest BCUT2D eigenvalue weighted by Crippen LogP contribution is 2.39. The van der Waals surface area contributed by atoms with E-state index in [1.165, 1.54) is 32.2 Å². The first-order chi connectivity index (χ1) is 7.53. The molecule has 0 bridgehead atoms. The Morgan fingerprint density at radius 3 is 2.56 bits per heavy atom. The summed E-state index contributed by atoms with van der Waals surface area (Å²) in [5.74, 6) is 0.864. The Labute approximate surface area is 102 Å². The lowest BCUT2D eigenvalue weighted by Crippen LogP contribution is -2.47. The molecule has 0 aromatic rings. The minimum Gasteiger partial charge on any atom is -0.330 e. The standard InChI is InChI=1S/C14H30N2/c1-5-16(12(2)3)11-14(10-15)8-6-7-13(4)9-14/h12-13H,5-11,15H2,1-4H3. The van der Waals surface area contributed by atoms with Gasteiger partial charge in [-0.05, 0) is 51.1 Å². The predicted molar refractivity (Wildman–Crippen MR) is 71.5 cm³/mol. The minimum absolute atomic E-state index is 0.401. The predicted octanol–water partition coefficient (Wildman–Crippen LogP) is 2.87. The van der Waals surface area contributed by atoms with E-state index < -0.39 is 0 Å². The second-order valence-electron chi connectivity index (χ2n) is 6.06. The van der Waals surface area contributed by atoms with Gasteiger partial charge >= 0.3 is 0 Å². The summed E-state index contributed by atoms with van der Waals surface area (Å²) in [6, 6.07) is 0.644. The molecule has 0 radical (unpaired) electrons. The quantitative estimate of drug-likeness (QED) is 0.781. The molecule has 0 aromatic heterocycles. The molecule has 1 saturated carbocycles. The topological polar surface area (TPSA) is 29.3 Å². The van der Waals surface area contributed by atoms with Crippen LogP contribution in [0, 0.1) is 11.3 Å². The van der Waals surface area contributed by atoms with Crippen molar-refractivity contribution in [3.63, 3.8) is 0 Å². The van der Waals surface area contributed by atoms with Gasteiger partial charge < -0.3 is 10.6 Å². The molecule has 1 aliphatic rings. The normalized spacial score (nSPS) is 31.3. The van der Waals surface area contributed by atoms with E-state index in [1.54, 1.807) is 0 Å². The van der Waals surface area contributed by atoms with E-state index in [1.807, 2.05) is 0 Å². The second kappa shape index (κ2) is 6.02.